The minimum atomic E-state index is -0.0891. The molecule has 0 bridgehead atoms. The van der Waals surface area contributed by atoms with Crippen molar-refractivity contribution in [3.8, 4) is 5.75 Å². The Morgan fingerprint density at radius 3 is 2.07 bits per heavy atom. The number of hydrogen-bond donors (Lipinski definition) is 2. The van der Waals surface area contributed by atoms with E-state index in [0.717, 1.165) is 18.4 Å². The van der Waals surface area contributed by atoms with Crippen molar-refractivity contribution in [3.05, 3.63) is 58.7 Å². The second-order valence-electron chi connectivity index (χ2n) is 8.21. The molecule has 2 aromatic carbocycles. The van der Waals surface area contributed by atoms with Crippen molar-refractivity contribution in [2.24, 2.45) is 4.99 Å². The number of nitrogens with two attached hydrogens (primary N) is 1. The van der Waals surface area contributed by atoms with E-state index in [0.29, 0.717) is 28.9 Å². The number of phenolic OH excluding ortho intramolecular Hbond substituents is 1. The summed E-state index contributed by atoms with van der Waals surface area (Å²) in [7, 11) is 0. The number of hydrogen-bond acceptors (Lipinski definition) is 4. The first kappa shape index (κ1) is 22.1. The third kappa shape index (κ3) is 5.10. The standard InChI is InChI=1S/C26H34N2O2/c1-2-3-4-5-6-7-8-9-10-13-18-28-24-19-14-11-12-15-20(19)25(29)21-16-17-22(27)26(30)23(21)24/h11-12,14-17,30H,2-10,13,18,27H2,1H3. The zero-order valence-corrected chi connectivity index (χ0v) is 18.1. The zero-order chi connectivity index (χ0) is 21.3. The molecule has 1 aliphatic rings. The number of carbonyl (C=O) groups excluding carboxylic acids is 1. The van der Waals surface area contributed by atoms with E-state index in [-0.39, 0.29) is 17.2 Å². The van der Waals surface area contributed by atoms with Gasteiger partial charge in [-0.25, -0.2) is 0 Å². The highest BCUT2D eigenvalue weighted by Gasteiger charge is 2.30. The molecule has 0 radical (unpaired) electrons. The lowest BCUT2D eigenvalue weighted by Crippen LogP contribution is -2.22. The van der Waals surface area contributed by atoms with Gasteiger partial charge in [-0.1, -0.05) is 89.0 Å². The van der Waals surface area contributed by atoms with Crippen LogP contribution in [0.25, 0.3) is 0 Å². The van der Waals surface area contributed by atoms with Crippen LogP contribution in [0.3, 0.4) is 0 Å². The van der Waals surface area contributed by atoms with Crippen molar-refractivity contribution >= 4 is 17.2 Å². The van der Waals surface area contributed by atoms with Gasteiger partial charge in [0, 0.05) is 23.2 Å². The summed E-state index contributed by atoms with van der Waals surface area (Å²) in [6.07, 6.45) is 12.8. The number of benzene rings is 2. The van der Waals surface area contributed by atoms with Gasteiger partial charge in [0.25, 0.3) is 0 Å². The molecule has 4 heteroatoms. The van der Waals surface area contributed by atoms with Crippen LogP contribution in [0.15, 0.2) is 41.4 Å². The number of unbranched alkanes of at least 4 members (excludes halogenated alkanes) is 9. The Bertz CT molecular complexity index is 902. The number of ketones is 1. The summed E-state index contributed by atoms with van der Waals surface area (Å²) in [5.74, 6) is -0.133. The lowest BCUT2D eigenvalue weighted by Gasteiger charge is -2.22. The quantitative estimate of drug-likeness (QED) is 0.224. The monoisotopic (exact) mass is 406 g/mol. The largest absolute Gasteiger partial charge is 0.505 e. The fourth-order valence-electron chi connectivity index (χ4n) is 4.16. The van der Waals surface area contributed by atoms with E-state index < -0.39 is 0 Å². The molecule has 0 spiro atoms. The van der Waals surface area contributed by atoms with Crippen LogP contribution < -0.4 is 5.73 Å². The summed E-state index contributed by atoms with van der Waals surface area (Å²) in [4.78, 5) is 17.7. The smallest absolute Gasteiger partial charge is 0.194 e. The highest BCUT2D eigenvalue weighted by Crippen LogP contribution is 2.36. The van der Waals surface area contributed by atoms with Crippen molar-refractivity contribution in [1.82, 2.24) is 0 Å². The Morgan fingerprint density at radius 1 is 0.800 bits per heavy atom. The summed E-state index contributed by atoms with van der Waals surface area (Å²) in [6.45, 7) is 2.93. The Balaban J connectivity index is 1.61. The second kappa shape index (κ2) is 11.0. The molecule has 0 atom stereocenters. The van der Waals surface area contributed by atoms with E-state index in [1.165, 1.54) is 51.4 Å². The van der Waals surface area contributed by atoms with Crippen molar-refractivity contribution in [2.45, 2.75) is 71.1 Å². The van der Waals surface area contributed by atoms with Gasteiger partial charge < -0.3 is 10.8 Å². The first-order valence-electron chi connectivity index (χ1n) is 11.5. The van der Waals surface area contributed by atoms with E-state index in [4.69, 9.17) is 10.7 Å². The van der Waals surface area contributed by atoms with Crippen molar-refractivity contribution < 1.29 is 9.90 Å². The van der Waals surface area contributed by atoms with Gasteiger partial charge in [-0.05, 0) is 18.6 Å². The molecular formula is C26H34N2O2. The number of phenols is 1. The zero-order valence-electron chi connectivity index (χ0n) is 18.1. The lowest BCUT2D eigenvalue weighted by atomic mass is 9.82. The second-order valence-corrected chi connectivity index (χ2v) is 8.21. The SMILES string of the molecule is CCCCCCCCCCCCN=C1c2ccccc2C(=O)c2ccc(N)c(O)c21. The van der Waals surface area contributed by atoms with Crippen molar-refractivity contribution in [3.63, 3.8) is 0 Å². The molecule has 4 nitrogen and oxygen atoms in total. The van der Waals surface area contributed by atoms with Gasteiger partial charge in [0.1, 0.15) is 5.75 Å². The predicted molar refractivity (Wildman–Crippen MR) is 125 cm³/mol. The third-order valence-corrected chi connectivity index (χ3v) is 5.90. The molecule has 30 heavy (non-hydrogen) atoms. The molecule has 3 N–H and O–H groups in total. The number of nitrogens with zero attached hydrogens (tertiary/aromatic N) is 1. The van der Waals surface area contributed by atoms with Gasteiger partial charge >= 0.3 is 0 Å². The average molecular weight is 407 g/mol. The number of nitrogen functional groups attached to an aromatic ring is 1. The van der Waals surface area contributed by atoms with Gasteiger partial charge in [0.05, 0.1) is 17.0 Å². The number of aliphatic imine (C=N–C) groups is 1. The topological polar surface area (TPSA) is 75.7 Å². The molecule has 0 saturated heterocycles. The Kier molecular flexibility index (Phi) is 8.06. The molecule has 160 valence electrons. The van der Waals surface area contributed by atoms with Crippen molar-refractivity contribution in [1.29, 1.82) is 0 Å². The molecule has 3 rings (SSSR count). The predicted octanol–water partition coefficient (Wildman–Crippen LogP) is 6.28. The third-order valence-electron chi connectivity index (χ3n) is 5.90. The molecule has 0 unspecified atom stereocenters. The minimum absolute atomic E-state index is 0.0443. The Hall–Kier alpha value is -2.62. The Morgan fingerprint density at radius 2 is 1.40 bits per heavy atom. The van der Waals surface area contributed by atoms with Crippen LogP contribution >= 0.6 is 0 Å². The van der Waals surface area contributed by atoms with Crippen molar-refractivity contribution in [2.75, 3.05) is 12.3 Å². The lowest BCUT2D eigenvalue weighted by molar-refractivity contribution is 0.103. The van der Waals surface area contributed by atoms with Gasteiger partial charge in [0.2, 0.25) is 0 Å². The minimum Gasteiger partial charge on any atom is -0.505 e. The number of aromatic hydroxyl groups is 1. The number of fused-ring (bicyclic) bond motifs is 2. The van der Waals surface area contributed by atoms with Crippen LogP contribution in [0.2, 0.25) is 0 Å². The van der Waals surface area contributed by atoms with Crippen LogP contribution in [0.1, 0.15) is 98.2 Å². The van der Waals surface area contributed by atoms with Crippen LogP contribution in [-0.2, 0) is 0 Å². The number of anilines is 1. The highest BCUT2D eigenvalue weighted by atomic mass is 16.3. The average Bonchev–Trinajstić information content (AvgIpc) is 2.76. The fraction of sp³-hybridized carbons (Fsp3) is 0.462. The van der Waals surface area contributed by atoms with E-state index in [2.05, 4.69) is 6.92 Å². The van der Waals surface area contributed by atoms with E-state index >= 15 is 0 Å². The first-order chi connectivity index (χ1) is 14.6. The molecule has 0 fully saturated rings. The van der Waals surface area contributed by atoms with Crippen LogP contribution in [0, 0.1) is 0 Å². The summed E-state index contributed by atoms with van der Waals surface area (Å²) >= 11 is 0. The molecule has 0 aliphatic heterocycles. The molecule has 0 amide bonds. The maximum absolute atomic E-state index is 12.9. The summed E-state index contributed by atoms with van der Waals surface area (Å²) in [6, 6.07) is 10.8. The van der Waals surface area contributed by atoms with Crippen LogP contribution in [-0.4, -0.2) is 23.1 Å². The Labute approximate surface area is 180 Å². The fourth-order valence-corrected chi connectivity index (χ4v) is 4.16. The molecule has 0 heterocycles. The highest BCUT2D eigenvalue weighted by molar-refractivity contribution is 6.31. The van der Waals surface area contributed by atoms with E-state index in [1.54, 1.807) is 12.1 Å². The number of rotatable bonds is 11. The maximum Gasteiger partial charge on any atom is 0.194 e. The summed E-state index contributed by atoms with van der Waals surface area (Å²) < 4.78 is 0. The summed E-state index contributed by atoms with van der Waals surface area (Å²) in [5.41, 5.74) is 9.24. The van der Waals surface area contributed by atoms with Gasteiger partial charge in [-0.3, -0.25) is 9.79 Å². The normalized spacial score (nSPS) is 14.0. The van der Waals surface area contributed by atoms with Gasteiger partial charge in [-0.2, -0.15) is 0 Å². The number of carbonyl (C=O) groups is 1. The maximum atomic E-state index is 12.9. The first-order valence-corrected chi connectivity index (χ1v) is 11.5. The van der Waals surface area contributed by atoms with Gasteiger partial charge in [0.15, 0.2) is 5.78 Å². The molecule has 2 aromatic rings. The summed E-state index contributed by atoms with van der Waals surface area (Å²) in [5, 5.41) is 10.6. The molecule has 0 aromatic heterocycles. The van der Waals surface area contributed by atoms with Crippen LogP contribution in [0.4, 0.5) is 5.69 Å². The molecular weight excluding hydrogens is 372 g/mol. The van der Waals surface area contributed by atoms with Crippen LogP contribution in [0.5, 0.6) is 5.75 Å². The van der Waals surface area contributed by atoms with E-state index in [1.807, 2.05) is 24.3 Å². The molecule has 0 saturated carbocycles. The molecule has 1 aliphatic carbocycles. The van der Waals surface area contributed by atoms with E-state index in [9.17, 15) is 9.90 Å². The van der Waals surface area contributed by atoms with Gasteiger partial charge in [-0.15, -0.1) is 0 Å².